The van der Waals surface area contributed by atoms with Crippen molar-refractivity contribution < 1.29 is 27.1 Å². The zero-order valence-corrected chi connectivity index (χ0v) is 16.1. The molecular formula is C19H19FN2O5S. The lowest BCUT2D eigenvalue weighted by atomic mass is 10.2. The van der Waals surface area contributed by atoms with E-state index in [9.17, 15) is 22.4 Å². The Labute approximate surface area is 161 Å². The number of hydrogen-bond acceptors (Lipinski definition) is 5. The molecule has 0 unspecified atom stereocenters. The Kier molecular flexibility index (Phi) is 5.37. The number of sulfone groups is 1. The van der Waals surface area contributed by atoms with Crippen LogP contribution in [0.25, 0.3) is 0 Å². The summed E-state index contributed by atoms with van der Waals surface area (Å²) in [5, 5.41) is 4.02. The Balaban J connectivity index is 1.73. The summed E-state index contributed by atoms with van der Waals surface area (Å²) in [6.07, 6.45) is -0.308. The number of nitrogens with one attached hydrogen (secondary N) is 2. The van der Waals surface area contributed by atoms with Gasteiger partial charge < -0.3 is 15.4 Å². The lowest BCUT2D eigenvalue weighted by Gasteiger charge is -2.19. The normalized spacial score (nSPS) is 14.5. The summed E-state index contributed by atoms with van der Waals surface area (Å²) in [6, 6.07) is 8.39. The van der Waals surface area contributed by atoms with Crippen molar-refractivity contribution >= 4 is 33.0 Å². The number of benzene rings is 2. The topological polar surface area (TPSA) is 102 Å². The smallest absolute Gasteiger partial charge is 0.262 e. The first kappa shape index (κ1) is 19.8. The first-order valence-electron chi connectivity index (χ1n) is 8.53. The number of ether oxygens (including phenoxy) is 1. The summed E-state index contributed by atoms with van der Waals surface area (Å²) < 4.78 is 44.4. The molecule has 1 aliphatic rings. The van der Waals surface area contributed by atoms with Gasteiger partial charge in [-0.05, 0) is 49.7 Å². The predicted octanol–water partition coefficient (Wildman–Crippen LogP) is 2.66. The van der Waals surface area contributed by atoms with Gasteiger partial charge in [0.2, 0.25) is 5.91 Å². The van der Waals surface area contributed by atoms with Gasteiger partial charge in [0, 0.05) is 12.1 Å². The lowest BCUT2D eigenvalue weighted by molar-refractivity contribution is -0.118. The molecule has 7 nitrogen and oxygen atoms in total. The van der Waals surface area contributed by atoms with Gasteiger partial charge in [0.15, 0.2) is 16.4 Å². The van der Waals surface area contributed by atoms with Crippen LogP contribution in [0, 0.1) is 12.7 Å². The summed E-state index contributed by atoms with van der Waals surface area (Å²) in [5.74, 6) is -1.00. The number of carbonyl (C=O) groups excluding carboxylic acids is 2. The molecule has 0 bridgehead atoms. The van der Waals surface area contributed by atoms with Crippen LogP contribution in [0.5, 0.6) is 5.75 Å². The Hall–Kier alpha value is -2.94. The fourth-order valence-electron chi connectivity index (χ4n) is 2.72. The molecule has 0 fully saturated rings. The average molecular weight is 406 g/mol. The highest BCUT2D eigenvalue weighted by molar-refractivity contribution is 7.92. The minimum Gasteiger partial charge on any atom is -0.482 e. The van der Waals surface area contributed by atoms with Crippen LogP contribution in [0.1, 0.15) is 18.9 Å². The molecule has 1 heterocycles. The molecule has 2 amide bonds. The van der Waals surface area contributed by atoms with Crippen molar-refractivity contribution in [3.05, 3.63) is 47.8 Å². The molecule has 0 aliphatic carbocycles. The first-order chi connectivity index (χ1) is 13.2. The van der Waals surface area contributed by atoms with Crippen LogP contribution in [-0.4, -0.2) is 32.1 Å². The maximum absolute atomic E-state index is 13.6. The van der Waals surface area contributed by atoms with Crippen LogP contribution in [0.4, 0.5) is 15.8 Å². The molecule has 0 saturated carbocycles. The number of fused-ring (bicyclic) bond motifs is 1. The van der Waals surface area contributed by atoms with Crippen LogP contribution in [0.3, 0.4) is 0 Å². The number of halogens is 1. The van der Waals surface area contributed by atoms with Crippen LogP contribution in [0.2, 0.25) is 0 Å². The molecule has 1 aliphatic heterocycles. The van der Waals surface area contributed by atoms with Crippen LogP contribution < -0.4 is 15.4 Å². The largest absolute Gasteiger partial charge is 0.482 e. The molecule has 2 aromatic carbocycles. The van der Waals surface area contributed by atoms with Crippen molar-refractivity contribution in [1.29, 1.82) is 0 Å². The van der Waals surface area contributed by atoms with Gasteiger partial charge in [-0.1, -0.05) is 6.07 Å². The van der Waals surface area contributed by atoms with Crippen LogP contribution in [0.15, 0.2) is 41.3 Å². The Morgan fingerprint density at radius 3 is 2.75 bits per heavy atom. The van der Waals surface area contributed by atoms with Crippen molar-refractivity contribution in [1.82, 2.24) is 0 Å². The quantitative estimate of drug-likeness (QED) is 0.795. The van der Waals surface area contributed by atoms with E-state index in [2.05, 4.69) is 10.6 Å². The van der Waals surface area contributed by atoms with E-state index in [1.54, 1.807) is 13.0 Å². The molecule has 2 aromatic rings. The third-order valence-corrected chi connectivity index (χ3v) is 6.51. The van der Waals surface area contributed by atoms with E-state index in [-0.39, 0.29) is 35.2 Å². The van der Waals surface area contributed by atoms with E-state index in [0.29, 0.717) is 11.3 Å². The fourth-order valence-corrected chi connectivity index (χ4v) is 4.10. The molecule has 2 N–H and O–H groups in total. The minimum absolute atomic E-state index is 0.0290. The van der Waals surface area contributed by atoms with Gasteiger partial charge in [0.25, 0.3) is 5.91 Å². The molecule has 1 atom stereocenters. The number of amides is 2. The standard InChI is InChI=1S/C19H19FN2O5S/c1-11-3-4-13(8-15(11)20)21-18(23)7-12(2)28(25,26)14-5-6-17-16(9-14)22-19(24)10-27-17/h3-6,8-9,12H,7,10H2,1-2H3,(H,21,23)(H,22,24)/t12-/m1/s1. The third kappa shape index (κ3) is 4.14. The highest BCUT2D eigenvalue weighted by Gasteiger charge is 2.28. The summed E-state index contributed by atoms with van der Waals surface area (Å²) in [5.41, 5.74) is 0.966. The molecule has 0 aromatic heterocycles. The maximum atomic E-state index is 13.6. The molecule has 9 heteroatoms. The summed E-state index contributed by atoms with van der Waals surface area (Å²) in [7, 11) is -3.83. The van der Waals surface area contributed by atoms with E-state index < -0.39 is 26.8 Å². The minimum atomic E-state index is -3.83. The molecule has 28 heavy (non-hydrogen) atoms. The highest BCUT2D eigenvalue weighted by Crippen LogP contribution is 2.31. The number of anilines is 2. The zero-order chi connectivity index (χ0) is 20.5. The van der Waals surface area contributed by atoms with Gasteiger partial charge in [0.1, 0.15) is 11.6 Å². The zero-order valence-electron chi connectivity index (χ0n) is 15.3. The van der Waals surface area contributed by atoms with E-state index in [0.717, 1.165) is 0 Å². The van der Waals surface area contributed by atoms with E-state index in [1.165, 1.54) is 37.3 Å². The number of hydrogen-bond donors (Lipinski definition) is 2. The van der Waals surface area contributed by atoms with E-state index in [4.69, 9.17) is 4.74 Å². The fraction of sp³-hybridized carbons (Fsp3) is 0.263. The second-order valence-corrected chi connectivity index (χ2v) is 8.93. The average Bonchev–Trinajstić information content (AvgIpc) is 2.64. The second-order valence-electron chi connectivity index (χ2n) is 6.57. The summed E-state index contributed by atoms with van der Waals surface area (Å²) in [4.78, 5) is 23.6. The summed E-state index contributed by atoms with van der Waals surface area (Å²) >= 11 is 0. The van der Waals surface area contributed by atoms with E-state index >= 15 is 0 Å². The molecule has 3 rings (SSSR count). The van der Waals surface area contributed by atoms with Gasteiger partial charge in [0.05, 0.1) is 15.8 Å². The van der Waals surface area contributed by atoms with Crippen molar-refractivity contribution in [2.45, 2.75) is 30.4 Å². The molecule has 0 radical (unpaired) electrons. The first-order valence-corrected chi connectivity index (χ1v) is 10.1. The number of aryl methyl sites for hydroxylation is 1. The Bertz CT molecular complexity index is 1050. The van der Waals surface area contributed by atoms with Gasteiger partial charge >= 0.3 is 0 Å². The van der Waals surface area contributed by atoms with Crippen LogP contribution >= 0.6 is 0 Å². The van der Waals surface area contributed by atoms with Crippen molar-refractivity contribution in [2.24, 2.45) is 0 Å². The second kappa shape index (κ2) is 7.59. The number of rotatable bonds is 5. The Morgan fingerprint density at radius 1 is 1.29 bits per heavy atom. The van der Waals surface area contributed by atoms with Gasteiger partial charge in [-0.3, -0.25) is 9.59 Å². The van der Waals surface area contributed by atoms with Gasteiger partial charge in [-0.25, -0.2) is 12.8 Å². The van der Waals surface area contributed by atoms with Crippen molar-refractivity contribution in [3.63, 3.8) is 0 Å². The monoisotopic (exact) mass is 406 g/mol. The van der Waals surface area contributed by atoms with Crippen LogP contribution in [-0.2, 0) is 19.4 Å². The highest BCUT2D eigenvalue weighted by atomic mass is 32.2. The molecule has 148 valence electrons. The van der Waals surface area contributed by atoms with Gasteiger partial charge in [-0.2, -0.15) is 0 Å². The summed E-state index contributed by atoms with van der Waals surface area (Å²) in [6.45, 7) is 2.88. The predicted molar refractivity (Wildman–Crippen MR) is 102 cm³/mol. The van der Waals surface area contributed by atoms with Crippen molar-refractivity contribution in [3.8, 4) is 5.75 Å². The molecule has 0 saturated heterocycles. The Morgan fingerprint density at radius 2 is 2.04 bits per heavy atom. The van der Waals surface area contributed by atoms with Gasteiger partial charge in [-0.15, -0.1) is 0 Å². The lowest BCUT2D eigenvalue weighted by Crippen LogP contribution is -2.27. The molecule has 0 spiro atoms. The third-order valence-electron chi connectivity index (χ3n) is 4.37. The maximum Gasteiger partial charge on any atom is 0.262 e. The van der Waals surface area contributed by atoms with Crippen molar-refractivity contribution in [2.75, 3.05) is 17.2 Å². The molecular weight excluding hydrogens is 387 g/mol. The van der Waals surface area contributed by atoms with E-state index in [1.807, 2.05) is 0 Å². The number of carbonyl (C=O) groups is 2. The SMILES string of the molecule is Cc1ccc(NC(=O)C[C@@H](C)S(=O)(=O)c2ccc3c(c2)NC(=O)CO3)cc1F.